The number of carboxylic acid groups (broad SMARTS) is 1. The molecule has 45 heavy (non-hydrogen) atoms. The Labute approximate surface area is 269 Å². The van der Waals surface area contributed by atoms with Crippen LogP contribution in [-0.2, 0) is 21.4 Å². The van der Waals surface area contributed by atoms with Crippen LogP contribution in [0.5, 0.6) is 0 Å². The molecule has 3 saturated carbocycles. The van der Waals surface area contributed by atoms with E-state index in [1.54, 1.807) is 6.92 Å². The van der Waals surface area contributed by atoms with Crippen LogP contribution in [-0.4, -0.2) is 33.0 Å². The van der Waals surface area contributed by atoms with E-state index in [-0.39, 0.29) is 38.9 Å². The number of nitrogens with one attached hydrogen (secondary N) is 1. The summed E-state index contributed by atoms with van der Waals surface area (Å²) in [5.41, 5.74) is 5.58. The van der Waals surface area contributed by atoms with Crippen LogP contribution in [0.15, 0.2) is 35.9 Å². The van der Waals surface area contributed by atoms with Crippen LogP contribution in [0.2, 0.25) is 0 Å². The van der Waals surface area contributed by atoms with Crippen molar-refractivity contribution >= 4 is 22.9 Å². The van der Waals surface area contributed by atoms with Crippen molar-refractivity contribution in [3.05, 3.63) is 47.3 Å². The average molecular weight is 612 g/mol. The highest BCUT2D eigenvalue weighted by atomic mass is 16.4. The Kier molecular flexibility index (Phi) is 6.61. The second-order valence-corrected chi connectivity index (χ2v) is 17.8. The number of allylic oxidation sites excluding steroid dienone is 2. The second kappa shape index (κ2) is 9.64. The van der Waals surface area contributed by atoms with Crippen LogP contribution >= 0.6 is 0 Å². The smallest absolute Gasteiger partial charge is 0.325 e. The lowest BCUT2D eigenvalue weighted by Gasteiger charge is -2.70. The van der Waals surface area contributed by atoms with E-state index in [0.717, 1.165) is 56.0 Å². The molecule has 0 unspecified atom stereocenters. The SMILES string of the molecule is C[C@H](NC(=O)[C@]12CCC(C)(C)C[C@H]1C1=CC[C@@H]3[C@@]4(C)Cc5nc6ccccc6nc5C(C)(C)[C@@H]4CC[C@@]3(C)[C@]1(C)CC2)C(=O)O. The van der Waals surface area contributed by atoms with Gasteiger partial charge in [0.05, 0.1) is 27.8 Å². The third kappa shape index (κ3) is 4.11. The third-order valence-electron chi connectivity index (χ3n) is 14.7. The number of amides is 1. The van der Waals surface area contributed by atoms with E-state index < -0.39 is 17.4 Å². The summed E-state index contributed by atoms with van der Waals surface area (Å²) >= 11 is 0. The zero-order valence-corrected chi connectivity index (χ0v) is 28.7. The Balaban J connectivity index is 1.31. The number of nitrogens with zero attached hydrogens (tertiary/aromatic N) is 2. The molecule has 2 N–H and O–H groups in total. The fourth-order valence-corrected chi connectivity index (χ4v) is 12.1. The number of carboxylic acids is 1. The predicted octanol–water partition coefficient (Wildman–Crippen LogP) is 8.03. The molecule has 0 spiro atoms. The molecule has 7 rings (SSSR count). The summed E-state index contributed by atoms with van der Waals surface area (Å²) in [5, 5.41) is 12.6. The number of aliphatic carboxylic acids is 1. The summed E-state index contributed by atoms with van der Waals surface area (Å²) in [7, 11) is 0. The number of hydrogen-bond acceptors (Lipinski definition) is 4. The molecule has 6 nitrogen and oxygen atoms in total. The molecule has 1 heterocycles. The molecule has 3 fully saturated rings. The van der Waals surface area contributed by atoms with Gasteiger partial charge in [0.1, 0.15) is 6.04 Å². The number of rotatable bonds is 3. The summed E-state index contributed by atoms with van der Waals surface area (Å²) in [6.45, 7) is 18.8. The normalized spacial score (nSPS) is 40.0. The first kappa shape index (κ1) is 30.9. The molecule has 0 radical (unpaired) electrons. The van der Waals surface area contributed by atoms with E-state index in [1.165, 1.54) is 29.8 Å². The summed E-state index contributed by atoms with van der Waals surface area (Å²) in [6, 6.07) is 7.43. The monoisotopic (exact) mass is 611 g/mol. The molecule has 0 bridgehead atoms. The van der Waals surface area contributed by atoms with Gasteiger partial charge in [-0.2, -0.15) is 0 Å². The molecule has 1 aromatic heterocycles. The van der Waals surface area contributed by atoms with Crippen LogP contribution in [0.4, 0.5) is 0 Å². The average Bonchev–Trinajstić information content (AvgIpc) is 2.96. The van der Waals surface area contributed by atoms with Crippen molar-refractivity contribution in [3.63, 3.8) is 0 Å². The van der Waals surface area contributed by atoms with Crippen LogP contribution in [0.3, 0.4) is 0 Å². The maximum atomic E-state index is 14.1. The van der Waals surface area contributed by atoms with Crippen molar-refractivity contribution in [2.75, 3.05) is 0 Å². The van der Waals surface area contributed by atoms with Gasteiger partial charge in [-0.05, 0) is 116 Å². The van der Waals surface area contributed by atoms with E-state index in [1.807, 2.05) is 0 Å². The highest BCUT2D eigenvalue weighted by Crippen LogP contribution is 2.75. The molecular weight excluding hydrogens is 558 g/mol. The van der Waals surface area contributed by atoms with Crippen molar-refractivity contribution < 1.29 is 14.7 Å². The number of carbonyl (C=O) groups excluding carboxylic acids is 1. The van der Waals surface area contributed by atoms with Crippen LogP contribution < -0.4 is 5.32 Å². The van der Waals surface area contributed by atoms with E-state index in [2.05, 4.69) is 84.1 Å². The maximum absolute atomic E-state index is 14.1. The molecule has 5 aliphatic rings. The van der Waals surface area contributed by atoms with Gasteiger partial charge in [-0.15, -0.1) is 0 Å². The quantitative estimate of drug-likeness (QED) is 0.343. The first-order chi connectivity index (χ1) is 21.0. The first-order valence-electron chi connectivity index (χ1n) is 17.5. The Bertz CT molecular complexity index is 1630. The minimum Gasteiger partial charge on any atom is -0.480 e. The molecule has 6 heteroatoms. The van der Waals surface area contributed by atoms with Gasteiger partial charge in [-0.1, -0.05) is 72.2 Å². The van der Waals surface area contributed by atoms with Crippen molar-refractivity contribution in [2.45, 2.75) is 125 Å². The number of carbonyl (C=O) groups is 2. The van der Waals surface area contributed by atoms with Gasteiger partial charge in [0.25, 0.3) is 0 Å². The second-order valence-electron chi connectivity index (χ2n) is 17.8. The van der Waals surface area contributed by atoms with Gasteiger partial charge in [0.2, 0.25) is 5.91 Å². The molecule has 242 valence electrons. The van der Waals surface area contributed by atoms with Crippen LogP contribution in [0.25, 0.3) is 11.0 Å². The van der Waals surface area contributed by atoms with Gasteiger partial charge < -0.3 is 10.4 Å². The number of aromatic nitrogens is 2. The zero-order chi connectivity index (χ0) is 32.4. The third-order valence-corrected chi connectivity index (χ3v) is 14.7. The van der Waals surface area contributed by atoms with Gasteiger partial charge >= 0.3 is 5.97 Å². The summed E-state index contributed by atoms with van der Waals surface area (Å²) in [6.07, 6.45) is 11.5. The lowest BCUT2D eigenvalue weighted by atomic mass is 9.33. The van der Waals surface area contributed by atoms with E-state index in [9.17, 15) is 14.7 Å². The van der Waals surface area contributed by atoms with E-state index >= 15 is 0 Å². The molecular formula is C39H53N3O3. The highest BCUT2D eigenvalue weighted by Gasteiger charge is 2.69. The molecule has 8 atom stereocenters. The predicted molar refractivity (Wildman–Crippen MR) is 178 cm³/mol. The largest absolute Gasteiger partial charge is 0.480 e. The number of fused-ring (bicyclic) bond motifs is 9. The van der Waals surface area contributed by atoms with Crippen molar-refractivity contribution in [1.82, 2.24) is 15.3 Å². The molecule has 2 aromatic rings. The minimum absolute atomic E-state index is 0.0103. The highest BCUT2D eigenvalue weighted by molar-refractivity contribution is 5.88. The fourth-order valence-electron chi connectivity index (χ4n) is 12.1. The number of para-hydroxylation sites is 2. The topological polar surface area (TPSA) is 92.2 Å². The number of hydrogen-bond donors (Lipinski definition) is 2. The van der Waals surface area contributed by atoms with Crippen molar-refractivity contribution in [2.24, 2.45) is 44.8 Å². The Morgan fingerprint density at radius 3 is 2.27 bits per heavy atom. The Morgan fingerprint density at radius 1 is 0.911 bits per heavy atom. The molecule has 1 aromatic carbocycles. The Morgan fingerprint density at radius 2 is 1.58 bits per heavy atom. The molecule has 1 amide bonds. The molecule has 5 aliphatic carbocycles. The Hall–Kier alpha value is -2.76. The fraction of sp³-hybridized carbons (Fsp3) is 0.692. The lowest BCUT2D eigenvalue weighted by molar-refractivity contribution is -0.168. The van der Waals surface area contributed by atoms with Gasteiger partial charge in [-0.25, -0.2) is 9.97 Å². The van der Waals surface area contributed by atoms with Crippen molar-refractivity contribution in [3.8, 4) is 0 Å². The maximum Gasteiger partial charge on any atom is 0.325 e. The molecule has 0 aliphatic heterocycles. The van der Waals surface area contributed by atoms with Crippen LogP contribution in [0.1, 0.15) is 118 Å². The van der Waals surface area contributed by atoms with E-state index in [0.29, 0.717) is 11.8 Å². The summed E-state index contributed by atoms with van der Waals surface area (Å²) in [4.78, 5) is 36.4. The van der Waals surface area contributed by atoms with Crippen molar-refractivity contribution in [1.29, 1.82) is 0 Å². The van der Waals surface area contributed by atoms with Crippen LogP contribution in [0, 0.1) is 44.8 Å². The zero-order valence-electron chi connectivity index (χ0n) is 28.7. The first-order valence-corrected chi connectivity index (χ1v) is 17.5. The minimum atomic E-state index is -0.972. The summed E-state index contributed by atoms with van der Waals surface area (Å²) < 4.78 is 0. The number of benzene rings is 1. The lowest BCUT2D eigenvalue weighted by Crippen LogP contribution is -2.65. The van der Waals surface area contributed by atoms with E-state index in [4.69, 9.17) is 9.97 Å². The molecule has 0 saturated heterocycles. The van der Waals surface area contributed by atoms with Gasteiger partial charge in [-0.3, -0.25) is 9.59 Å². The van der Waals surface area contributed by atoms with Gasteiger partial charge in [0, 0.05) is 5.41 Å². The summed E-state index contributed by atoms with van der Waals surface area (Å²) in [5.74, 6) is 0.151. The standard InChI is InChI=1S/C39H53N3O3/c1-23(32(43)44)40-33(45)39-19-17-34(2,3)21-25(39)24-13-14-30-36(6)22-28-31(42-27-12-10-9-11-26(27)41-28)35(4,5)29(36)15-16-38(30,8)37(24,7)18-20-39/h9-13,23,25,29-30H,14-22H2,1-8H3,(H,40,45)(H,43,44)/t23-,25-,29-,30+,36-,37+,38+,39-/m0/s1. The van der Waals surface area contributed by atoms with Gasteiger partial charge in [0.15, 0.2) is 0 Å².